The van der Waals surface area contributed by atoms with Crippen molar-refractivity contribution in [3.63, 3.8) is 0 Å². The fourth-order valence-electron chi connectivity index (χ4n) is 5.28. The molecule has 0 aromatic heterocycles. The predicted molar refractivity (Wildman–Crippen MR) is 134 cm³/mol. The van der Waals surface area contributed by atoms with Crippen LogP contribution in [0.5, 0.6) is 5.75 Å². The summed E-state index contributed by atoms with van der Waals surface area (Å²) in [6, 6.07) is 1.88. The first-order valence-electron chi connectivity index (χ1n) is 12.6. The molecule has 10 nitrogen and oxygen atoms in total. The molecule has 1 aromatic carbocycles. The van der Waals surface area contributed by atoms with Gasteiger partial charge >= 0.3 is 0 Å². The highest BCUT2D eigenvalue weighted by Crippen LogP contribution is 2.43. The summed E-state index contributed by atoms with van der Waals surface area (Å²) in [7, 11) is 3.73. The van der Waals surface area contributed by atoms with E-state index in [0.29, 0.717) is 35.6 Å². The molecule has 3 atom stereocenters. The maximum atomic E-state index is 13.3. The fraction of sp³-hybridized carbons (Fsp3) is 0.654. The summed E-state index contributed by atoms with van der Waals surface area (Å²) >= 11 is 0. The number of carbonyl (C=O) groups is 3. The van der Waals surface area contributed by atoms with Gasteiger partial charge in [0, 0.05) is 44.9 Å². The molecule has 2 aliphatic carbocycles. The van der Waals surface area contributed by atoms with E-state index >= 15 is 0 Å². The molecule has 1 saturated carbocycles. The van der Waals surface area contributed by atoms with Gasteiger partial charge < -0.3 is 36.4 Å². The van der Waals surface area contributed by atoms with E-state index in [0.717, 1.165) is 12.2 Å². The Hall–Kier alpha value is -2.53. The Kier molecular flexibility index (Phi) is 9.10. The lowest BCUT2D eigenvalue weighted by molar-refractivity contribution is -0.153. The molecule has 1 amide bonds. The molecular formula is C26H39N3O7. The Morgan fingerprint density at radius 3 is 2.47 bits per heavy atom. The second kappa shape index (κ2) is 11.7. The number of phenols is 1. The van der Waals surface area contributed by atoms with Gasteiger partial charge in [-0.3, -0.25) is 14.4 Å². The Balaban J connectivity index is 1.87. The smallest absolute Gasteiger partial charge is 0.224 e. The zero-order valence-electron chi connectivity index (χ0n) is 21.1. The van der Waals surface area contributed by atoms with Gasteiger partial charge in [0.2, 0.25) is 5.91 Å². The number of primary amides is 1. The summed E-state index contributed by atoms with van der Waals surface area (Å²) in [6.07, 6.45) is 2.33. The standard InChI is InChI=1S/C26H39N3O7/c1-29(2)20-10-17(13-28-12-15-3-4-15)25(35)24-19(20)8-16(9-21(24)32)7-18(5-6-30)26(36,14-31)22(33)11-23(27)34/h10,15-16,18,28,30-31,35-36H,3-9,11-14H2,1-2H3,(H2,27,34)/t16?,18?,26-/m1/s1. The molecule has 7 N–H and O–H groups in total. The second-order valence-corrected chi connectivity index (χ2v) is 10.5. The number of Topliss-reactive ketones (excluding diaryl/α,β-unsaturated/α-hetero) is 2. The maximum Gasteiger partial charge on any atom is 0.224 e. The number of phenolic OH excluding ortho intramolecular Hbond substituents is 1. The lowest BCUT2D eigenvalue weighted by atomic mass is 9.71. The number of anilines is 1. The molecular weight excluding hydrogens is 466 g/mol. The number of nitrogens with two attached hydrogens (primary N) is 1. The van der Waals surface area contributed by atoms with Crippen LogP contribution < -0.4 is 16.0 Å². The summed E-state index contributed by atoms with van der Waals surface area (Å²) in [5.41, 5.74) is 5.33. The van der Waals surface area contributed by atoms with Gasteiger partial charge in [0.05, 0.1) is 18.6 Å². The topological polar surface area (TPSA) is 173 Å². The van der Waals surface area contributed by atoms with Crippen molar-refractivity contribution in [3.8, 4) is 5.75 Å². The van der Waals surface area contributed by atoms with E-state index < -0.39 is 36.2 Å². The average Bonchev–Trinajstić information content (AvgIpc) is 3.63. The molecule has 0 saturated heterocycles. The number of aromatic hydroxyl groups is 1. The van der Waals surface area contributed by atoms with Crippen molar-refractivity contribution >= 4 is 23.2 Å². The van der Waals surface area contributed by atoms with Crippen molar-refractivity contribution in [1.29, 1.82) is 0 Å². The van der Waals surface area contributed by atoms with Crippen LogP contribution >= 0.6 is 0 Å². The zero-order valence-corrected chi connectivity index (χ0v) is 21.1. The Labute approximate surface area is 211 Å². The zero-order chi connectivity index (χ0) is 26.6. The van der Waals surface area contributed by atoms with Crippen LogP contribution in [-0.4, -0.2) is 77.4 Å². The molecule has 10 heteroatoms. The fourth-order valence-corrected chi connectivity index (χ4v) is 5.28. The minimum atomic E-state index is -2.26. The van der Waals surface area contributed by atoms with Crippen LogP contribution in [0, 0.1) is 17.8 Å². The van der Waals surface area contributed by atoms with Gasteiger partial charge in [0.1, 0.15) is 11.4 Å². The van der Waals surface area contributed by atoms with Crippen LogP contribution in [0.3, 0.4) is 0 Å². The van der Waals surface area contributed by atoms with Gasteiger partial charge in [-0.2, -0.15) is 0 Å². The lowest BCUT2D eigenvalue weighted by Gasteiger charge is -2.37. The second-order valence-electron chi connectivity index (χ2n) is 10.5. The maximum absolute atomic E-state index is 13.3. The number of hydrogen-bond acceptors (Lipinski definition) is 9. The van der Waals surface area contributed by atoms with E-state index in [4.69, 9.17) is 5.73 Å². The predicted octanol–water partition coefficient (Wildman–Crippen LogP) is 0.260. The number of amides is 1. The van der Waals surface area contributed by atoms with Crippen molar-refractivity contribution < 1.29 is 34.8 Å². The number of fused-ring (bicyclic) bond motifs is 1. The molecule has 1 aromatic rings. The number of nitrogens with one attached hydrogen (secondary N) is 1. The van der Waals surface area contributed by atoms with Crippen molar-refractivity contribution in [2.24, 2.45) is 23.5 Å². The quantitative estimate of drug-likeness (QED) is 0.194. The van der Waals surface area contributed by atoms with Crippen molar-refractivity contribution in [2.75, 3.05) is 38.8 Å². The van der Waals surface area contributed by atoms with E-state index in [9.17, 15) is 34.8 Å². The molecule has 200 valence electrons. The first kappa shape index (κ1) is 28.0. The van der Waals surface area contributed by atoms with Crippen LogP contribution in [0.1, 0.15) is 60.0 Å². The number of aliphatic hydroxyl groups is 3. The third-order valence-electron chi connectivity index (χ3n) is 7.47. The molecule has 3 rings (SSSR count). The number of aliphatic hydroxyl groups excluding tert-OH is 2. The summed E-state index contributed by atoms with van der Waals surface area (Å²) < 4.78 is 0. The largest absolute Gasteiger partial charge is 0.507 e. The van der Waals surface area contributed by atoms with Crippen LogP contribution in [0.25, 0.3) is 0 Å². The highest BCUT2D eigenvalue weighted by atomic mass is 16.3. The summed E-state index contributed by atoms with van der Waals surface area (Å²) in [5, 5.41) is 44.8. The lowest BCUT2D eigenvalue weighted by Crippen LogP contribution is -2.51. The first-order valence-corrected chi connectivity index (χ1v) is 12.6. The average molecular weight is 506 g/mol. The Morgan fingerprint density at radius 2 is 1.92 bits per heavy atom. The third-order valence-corrected chi connectivity index (χ3v) is 7.47. The SMILES string of the molecule is CN(C)c1cc(CNCC2CC2)c(O)c2c1CC(CC(CCO)[C@](O)(CO)C(=O)CC(N)=O)CC2=O. The van der Waals surface area contributed by atoms with E-state index in [1.807, 2.05) is 25.1 Å². The first-order chi connectivity index (χ1) is 17.0. The highest BCUT2D eigenvalue weighted by Gasteiger charge is 2.45. The van der Waals surface area contributed by atoms with Gasteiger partial charge in [-0.15, -0.1) is 0 Å². The van der Waals surface area contributed by atoms with Crippen molar-refractivity contribution in [1.82, 2.24) is 5.32 Å². The van der Waals surface area contributed by atoms with Gasteiger partial charge in [-0.1, -0.05) is 0 Å². The van der Waals surface area contributed by atoms with E-state index in [2.05, 4.69) is 5.32 Å². The Morgan fingerprint density at radius 1 is 1.22 bits per heavy atom. The molecule has 0 aliphatic heterocycles. The normalized spacial score (nSPS) is 19.9. The number of rotatable bonds is 14. The van der Waals surface area contributed by atoms with Crippen LogP contribution in [0.15, 0.2) is 6.07 Å². The summed E-state index contributed by atoms with van der Waals surface area (Å²) in [4.78, 5) is 39.0. The molecule has 1 fully saturated rings. The minimum Gasteiger partial charge on any atom is -0.507 e. The van der Waals surface area contributed by atoms with Gasteiger partial charge in [0.15, 0.2) is 11.6 Å². The Bertz CT molecular complexity index is 992. The number of ketones is 2. The van der Waals surface area contributed by atoms with Crippen LogP contribution in [-0.2, 0) is 22.6 Å². The molecule has 0 heterocycles. The number of nitrogens with zero attached hydrogens (tertiary/aromatic N) is 1. The molecule has 36 heavy (non-hydrogen) atoms. The minimum absolute atomic E-state index is 0.00347. The summed E-state index contributed by atoms with van der Waals surface area (Å²) in [5.74, 6) is -2.60. The molecule has 0 spiro atoms. The third kappa shape index (κ3) is 6.23. The number of benzene rings is 1. The van der Waals surface area contributed by atoms with Crippen molar-refractivity contribution in [3.05, 3.63) is 22.8 Å². The highest BCUT2D eigenvalue weighted by molar-refractivity contribution is 6.03. The van der Waals surface area contributed by atoms with Crippen LogP contribution in [0.4, 0.5) is 5.69 Å². The van der Waals surface area contributed by atoms with Gasteiger partial charge in [-0.05, 0) is 68.0 Å². The molecule has 0 bridgehead atoms. The van der Waals surface area contributed by atoms with Crippen LogP contribution in [0.2, 0.25) is 0 Å². The molecule has 2 aliphatic rings. The van der Waals surface area contributed by atoms with Crippen molar-refractivity contribution in [2.45, 2.75) is 57.1 Å². The van der Waals surface area contributed by atoms with E-state index in [1.54, 1.807) is 0 Å². The van der Waals surface area contributed by atoms with E-state index in [1.165, 1.54) is 12.8 Å². The monoisotopic (exact) mass is 505 g/mol. The number of carbonyl (C=O) groups excluding carboxylic acids is 3. The number of hydrogen-bond donors (Lipinski definition) is 6. The summed E-state index contributed by atoms with van der Waals surface area (Å²) in [6.45, 7) is 0.0482. The van der Waals surface area contributed by atoms with E-state index in [-0.39, 0.29) is 43.3 Å². The van der Waals surface area contributed by atoms with Gasteiger partial charge in [-0.25, -0.2) is 0 Å². The molecule has 2 unspecified atom stereocenters. The van der Waals surface area contributed by atoms with Gasteiger partial charge in [0.25, 0.3) is 0 Å². The molecule has 0 radical (unpaired) electrons.